The Kier molecular flexibility index (Phi) is 50.0. The standard InChI is InChI=1S/C61H112O4/c62-60(63)57-53-48-46-44-42-40-38-36-34-32-30-28-26-24-22-20-18-16-14-12-10-8-6-4-2-1-3-5-7-9-11-13-15-17-19-21-23-25-27-29-31-33-35-37-39-41-43-45-47-49-54-58-61(64)65-59-55-51-50-52-56-59/h50-52,55-56H,1-49,53-54,57-58H2,(H,62,63). The highest BCUT2D eigenvalue weighted by Crippen LogP contribution is 2.20. The molecule has 1 aromatic carbocycles. The van der Waals surface area contributed by atoms with Gasteiger partial charge < -0.3 is 9.84 Å². The number of ether oxygens (including phenoxy) is 1. The van der Waals surface area contributed by atoms with E-state index >= 15 is 0 Å². The summed E-state index contributed by atoms with van der Waals surface area (Å²) < 4.78 is 5.36. The van der Waals surface area contributed by atoms with Gasteiger partial charge in [-0.25, -0.2) is 0 Å². The van der Waals surface area contributed by atoms with Crippen LogP contribution in [-0.4, -0.2) is 17.0 Å². The summed E-state index contributed by atoms with van der Waals surface area (Å²) in [5.74, 6) is -0.0947. The number of rotatable bonds is 55. The van der Waals surface area contributed by atoms with Crippen LogP contribution in [0.25, 0.3) is 0 Å². The third-order valence-electron chi connectivity index (χ3n) is 14.2. The molecule has 0 heterocycles. The fourth-order valence-electron chi connectivity index (χ4n) is 9.88. The molecule has 0 radical (unpaired) electrons. The van der Waals surface area contributed by atoms with Crippen LogP contribution in [0.1, 0.15) is 340 Å². The molecule has 0 aliphatic heterocycles. The largest absolute Gasteiger partial charge is 0.481 e. The zero-order valence-corrected chi connectivity index (χ0v) is 43.5. The van der Waals surface area contributed by atoms with Crippen LogP contribution < -0.4 is 4.74 Å². The molecular formula is C61H112O4. The van der Waals surface area contributed by atoms with Gasteiger partial charge >= 0.3 is 11.9 Å². The quantitative estimate of drug-likeness (QED) is 0.0402. The molecular weight excluding hydrogens is 797 g/mol. The summed E-state index contributed by atoms with van der Waals surface area (Å²) in [5.41, 5.74) is 0. The van der Waals surface area contributed by atoms with Gasteiger partial charge in [0.2, 0.25) is 0 Å². The Morgan fingerprint density at radius 2 is 0.431 bits per heavy atom. The van der Waals surface area contributed by atoms with E-state index in [4.69, 9.17) is 9.84 Å². The lowest BCUT2D eigenvalue weighted by Crippen LogP contribution is -2.07. The van der Waals surface area contributed by atoms with E-state index in [1.54, 1.807) is 0 Å². The average Bonchev–Trinajstić information content (AvgIpc) is 3.30. The second-order valence-corrected chi connectivity index (χ2v) is 20.7. The predicted molar refractivity (Wildman–Crippen MR) is 284 cm³/mol. The normalized spacial score (nSPS) is 11.4. The lowest BCUT2D eigenvalue weighted by Gasteiger charge is -2.05. The molecule has 0 saturated carbocycles. The molecule has 0 atom stereocenters. The van der Waals surface area contributed by atoms with Crippen LogP contribution in [0.3, 0.4) is 0 Å². The van der Waals surface area contributed by atoms with Crippen molar-refractivity contribution >= 4 is 11.9 Å². The zero-order chi connectivity index (χ0) is 46.5. The van der Waals surface area contributed by atoms with E-state index in [0.29, 0.717) is 18.6 Å². The third kappa shape index (κ3) is 51.4. The van der Waals surface area contributed by atoms with Gasteiger partial charge in [0, 0.05) is 12.8 Å². The molecule has 0 aliphatic rings. The summed E-state index contributed by atoms with van der Waals surface area (Å²) in [6.07, 6.45) is 72.2. The van der Waals surface area contributed by atoms with E-state index in [1.165, 1.54) is 302 Å². The van der Waals surface area contributed by atoms with Gasteiger partial charge in [0.1, 0.15) is 5.75 Å². The van der Waals surface area contributed by atoms with Crippen LogP contribution in [0.2, 0.25) is 0 Å². The van der Waals surface area contributed by atoms with Crippen LogP contribution in [0.4, 0.5) is 0 Å². The maximum atomic E-state index is 11.9. The molecule has 0 bridgehead atoms. The van der Waals surface area contributed by atoms with E-state index in [1.807, 2.05) is 30.3 Å². The van der Waals surface area contributed by atoms with Gasteiger partial charge in [-0.2, -0.15) is 0 Å². The first kappa shape index (κ1) is 61.2. The smallest absolute Gasteiger partial charge is 0.311 e. The number of unbranched alkanes of at least 4 members (excludes halogenated alkanes) is 50. The van der Waals surface area contributed by atoms with E-state index in [0.717, 1.165) is 25.7 Å². The van der Waals surface area contributed by atoms with Crippen molar-refractivity contribution in [2.45, 2.75) is 340 Å². The minimum atomic E-state index is -0.648. The topological polar surface area (TPSA) is 63.6 Å². The van der Waals surface area contributed by atoms with Crippen LogP contribution in [0.5, 0.6) is 5.75 Å². The maximum Gasteiger partial charge on any atom is 0.311 e. The molecule has 0 saturated heterocycles. The van der Waals surface area contributed by atoms with Crippen LogP contribution >= 0.6 is 0 Å². The molecule has 0 amide bonds. The van der Waals surface area contributed by atoms with Gasteiger partial charge in [0.25, 0.3) is 0 Å². The zero-order valence-electron chi connectivity index (χ0n) is 43.5. The maximum absolute atomic E-state index is 11.9. The summed E-state index contributed by atoms with van der Waals surface area (Å²) in [7, 11) is 0. The fraction of sp³-hybridized carbons (Fsp3) is 0.869. The van der Waals surface area contributed by atoms with Crippen molar-refractivity contribution in [2.75, 3.05) is 0 Å². The number of esters is 1. The molecule has 65 heavy (non-hydrogen) atoms. The molecule has 0 aromatic heterocycles. The first-order valence-corrected chi connectivity index (χ1v) is 29.7. The highest BCUT2D eigenvalue weighted by atomic mass is 16.5. The highest BCUT2D eigenvalue weighted by Gasteiger charge is 2.05. The van der Waals surface area contributed by atoms with Crippen molar-refractivity contribution < 1.29 is 19.4 Å². The number of benzene rings is 1. The molecule has 0 spiro atoms. The molecule has 0 aliphatic carbocycles. The fourth-order valence-corrected chi connectivity index (χ4v) is 9.88. The summed E-state index contributed by atoms with van der Waals surface area (Å²) >= 11 is 0. The molecule has 0 unspecified atom stereocenters. The molecule has 4 nitrogen and oxygen atoms in total. The summed E-state index contributed by atoms with van der Waals surface area (Å²) in [6.45, 7) is 0. The van der Waals surface area contributed by atoms with Gasteiger partial charge in [-0.05, 0) is 25.0 Å². The van der Waals surface area contributed by atoms with Crippen LogP contribution in [0.15, 0.2) is 30.3 Å². The Labute approximate surface area is 406 Å². The van der Waals surface area contributed by atoms with Gasteiger partial charge in [-0.3, -0.25) is 9.59 Å². The minimum Gasteiger partial charge on any atom is -0.481 e. The van der Waals surface area contributed by atoms with Crippen LogP contribution in [-0.2, 0) is 9.59 Å². The summed E-state index contributed by atoms with van der Waals surface area (Å²) in [5, 5.41) is 8.68. The number of carbonyl (C=O) groups is 2. The Hall–Kier alpha value is -1.84. The Morgan fingerprint density at radius 3 is 0.615 bits per heavy atom. The van der Waals surface area contributed by atoms with Crippen molar-refractivity contribution in [2.24, 2.45) is 0 Å². The second kappa shape index (κ2) is 53.1. The number of carboxylic acids is 1. The van der Waals surface area contributed by atoms with E-state index in [-0.39, 0.29) is 5.97 Å². The average molecular weight is 910 g/mol. The Balaban J connectivity index is 1.60. The molecule has 1 rings (SSSR count). The number of aliphatic carboxylic acids is 1. The van der Waals surface area contributed by atoms with Crippen molar-refractivity contribution in [1.29, 1.82) is 0 Å². The molecule has 0 fully saturated rings. The van der Waals surface area contributed by atoms with E-state index in [2.05, 4.69) is 0 Å². The van der Waals surface area contributed by atoms with Crippen molar-refractivity contribution in [3.05, 3.63) is 30.3 Å². The third-order valence-corrected chi connectivity index (χ3v) is 14.2. The number of hydrogen-bond acceptors (Lipinski definition) is 3. The van der Waals surface area contributed by atoms with E-state index < -0.39 is 5.97 Å². The number of carbonyl (C=O) groups excluding carboxylic acids is 1. The van der Waals surface area contributed by atoms with Gasteiger partial charge in [0.05, 0.1) is 0 Å². The molecule has 4 heteroatoms. The monoisotopic (exact) mass is 909 g/mol. The molecule has 380 valence electrons. The van der Waals surface area contributed by atoms with Gasteiger partial charge in [-0.15, -0.1) is 0 Å². The minimum absolute atomic E-state index is 0.101. The first-order valence-electron chi connectivity index (χ1n) is 29.7. The first-order chi connectivity index (χ1) is 32.2. The van der Waals surface area contributed by atoms with E-state index in [9.17, 15) is 9.59 Å². The Bertz CT molecular complexity index is 1070. The van der Waals surface area contributed by atoms with Crippen LogP contribution in [0, 0.1) is 0 Å². The Morgan fingerprint density at radius 1 is 0.262 bits per heavy atom. The van der Waals surface area contributed by atoms with Crippen molar-refractivity contribution in [1.82, 2.24) is 0 Å². The van der Waals surface area contributed by atoms with Crippen molar-refractivity contribution in [3.8, 4) is 5.75 Å². The number of carboxylic acid groups (broad SMARTS) is 1. The van der Waals surface area contributed by atoms with Crippen molar-refractivity contribution in [3.63, 3.8) is 0 Å². The number of hydrogen-bond donors (Lipinski definition) is 1. The summed E-state index contributed by atoms with van der Waals surface area (Å²) in [6, 6.07) is 9.40. The van der Waals surface area contributed by atoms with Gasteiger partial charge in [0.15, 0.2) is 0 Å². The molecule has 1 aromatic rings. The lowest BCUT2D eigenvalue weighted by molar-refractivity contribution is -0.137. The van der Waals surface area contributed by atoms with Gasteiger partial charge in [-0.1, -0.05) is 333 Å². The number of para-hydroxylation sites is 1. The SMILES string of the molecule is O=C(O)CCCCCCCCCCCCCCCCCCCCCCCCCCCCCCCCCCCCCCCCCCCCCCCCCCCCCC(=O)Oc1ccccc1. The second-order valence-electron chi connectivity index (χ2n) is 20.7. The predicted octanol–water partition coefficient (Wildman–Crippen LogP) is 21.4. The molecule has 1 N–H and O–H groups in total. The lowest BCUT2D eigenvalue weighted by atomic mass is 10.0. The summed E-state index contributed by atoms with van der Waals surface area (Å²) in [4.78, 5) is 22.4. The highest BCUT2D eigenvalue weighted by molar-refractivity contribution is 5.72.